The summed E-state index contributed by atoms with van der Waals surface area (Å²) in [4.78, 5) is 2.26. The molecule has 1 fully saturated rings. The van der Waals surface area contributed by atoms with E-state index in [1.54, 1.807) is 0 Å². The van der Waals surface area contributed by atoms with Crippen LogP contribution in [0, 0.1) is 0 Å². The summed E-state index contributed by atoms with van der Waals surface area (Å²) in [6, 6.07) is 6.11. The van der Waals surface area contributed by atoms with E-state index in [1.807, 2.05) is 18.2 Å². The lowest BCUT2D eigenvalue weighted by Crippen LogP contribution is -2.39. The molecule has 116 valence electrons. The number of oxime groups is 1. The first-order valence-electron chi connectivity index (χ1n) is 7.32. The summed E-state index contributed by atoms with van der Waals surface area (Å²) in [7, 11) is 0. The molecule has 1 aliphatic carbocycles. The van der Waals surface area contributed by atoms with E-state index in [-0.39, 0.29) is 12.4 Å². The zero-order valence-corrected chi connectivity index (χ0v) is 13.6. The van der Waals surface area contributed by atoms with Crippen LogP contribution in [0.4, 0.5) is 5.69 Å². The molecule has 0 aliphatic heterocycles. The molecular formula is C15H22BrN3O2. The van der Waals surface area contributed by atoms with Crippen molar-refractivity contribution in [3.8, 4) is 0 Å². The van der Waals surface area contributed by atoms with Gasteiger partial charge in [0.25, 0.3) is 0 Å². The fraction of sp³-hybridized carbons (Fsp3) is 0.533. The van der Waals surface area contributed by atoms with Crippen molar-refractivity contribution < 1.29 is 10.3 Å². The molecule has 1 aromatic rings. The molecule has 5 nitrogen and oxygen atoms in total. The van der Waals surface area contributed by atoms with Crippen LogP contribution < -0.4 is 10.6 Å². The van der Waals surface area contributed by atoms with Gasteiger partial charge in [-0.2, -0.15) is 0 Å². The lowest BCUT2D eigenvalue weighted by Gasteiger charge is -2.36. The number of amidine groups is 1. The van der Waals surface area contributed by atoms with Crippen LogP contribution in [-0.2, 0) is 0 Å². The monoisotopic (exact) mass is 355 g/mol. The van der Waals surface area contributed by atoms with Gasteiger partial charge in [-0.3, -0.25) is 0 Å². The van der Waals surface area contributed by atoms with Gasteiger partial charge < -0.3 is 20.9 Å². The van der Waals surface area contributed by atoms with Crippen molar-refractivity contribution in [2.24, 2.45) is 10.9 Å². The summed E-state index contributed by atoms with van der Waals surface area (Å²) in [5.74, 6) is 0.0913. The van der Waals surface area contributed by atoms with E-state index in [0.717, 1.165) is 23.0 Å². The second kappa shape index (κ2) is 7.66. The molecule has 6 heteroatoms. The van der Waals surface area contributed by atoms with Crippen LogP contribution >= 0.6 is 15.9 Å². The average molecular weight is 356 g/mol. The summed E-state index contributed by atoms with van der Waals surface area (Å²) in [5, 5.41) is 21.1. The Labute approximate surface area is 133 Å². The van der Waals surface area contributed by atoms with Gasteiger partial charge in [0, 0.05) is 22.6 Å². The predicted octanol–water partition coefficient (Wildman–Crippen LogP) is 2.68. The molecule has 2 rings (SSSR count). The molecule has 1 saturated carbocycles. The Hall–Kier alpha value is -1.27. The van der Waals surface area contributed by atoms with Gasteiger partial charge in [-0.05, 0) is 47.0 Å². The zero-order chi connectivity index (χ0) is 15.2. The van der Waals surface area contributed by atoms with Crippen LogP contribution in [0.2, 0.25) is 0 Å². The van der Waals surface area contributed by atoms with E-state index in [1.165, 1.54) is 19.3 Å². The quantitative estimate of drug-likeness (QED) is 0.328. The van der Waals surface area contributed by atoms with Gasteiger partial charge in [0.2, 0.25) is 0 Å². The smallest absolute Gasteiger partial charge is 0.170 e. The average Bonchev–Trinajstić information content (AvgIpc) is 2.53. The number of anilines is 1. The highest BCUT2D eigenvalue weighted by Crippen LogP contribution is 2.33. The highest BCUT2D eigenvalue weighted by molar-refractivity contribution is 9.10. The second-order valence-corrected chi connectivity index (χ2v) is 6.21. The molecule has 0 unspecified atom stereocenters. The van der Waals surface area contributed by atoms with Gasteiger partial charge in [0.1, 0.15) is 0 Å². The first-order valence-corrected chi connectivity index (χ1v) is 8.11. The Kier molecular flexibility index (Phi) is 5.87. The molecule has 0 saturated heterocycles. The summed E-state index contributed by atoms with van der Waals surface area (Å²) >= 11 is 3.57. The fourth-order valence-electron chi connectivity index (χ4n) is 2.96. The lowest BCUT2D eigenvalue weighted by atomic mass is 9.93. The third-order valence-corrected chi connectivity index (χ3v) is 4.65. The maximum atomic E-state index is 9.37. The number of rotatable bonds is 5. The molecule has 0 amide bonds. The Bertz CT molecular complexity index is 502. The summed E-state index contributed by atoms with van der Waals surface area (Å²) in [5.41, 5.74) is 7.33. The SMILES string of the molecule is N/C(=N/O)c1ccc(N(CCO)C2CCCCC2)c(Br)c1. The second-order valence-electron chi connectivity index (χ2n) is 5.36. The van der Waals surface area contributed by atoms with Gasteiger partial charge in [-0.25, -0.2) is 0 Å². The lowest BCUT2D eigenvalue weighted by molar-refractivity contribution is 0.290. The maximum Gasteiger partial charge on any atom is 0.170 e. The van der Waals surface area contributed by atoms with Gasteiger partial charge in [-0.1, -0.05) is 24.4 Å². The molecule has 1 aromatic carbocycles. The molecule has 0 aromatic heterocycles. The normalized spacial score (nSPS) is 17.0. The zero-order valence-electron chi connectivity index (χ0n) is 12.0. The van der Waals surface area contributed by atoms with Crippen LogP contribution in [0.1, 0.15) is 37.7 Å². The number of benzene rings is 1. The third-order valence-electron chi connectivity index (χ3n) is 4.02. The number of hydrogen-bond acceptors (Lipinski definition) is 4. The molecule has 0 spiro atoms. The molecular weight excluding hydrogens is 334 g/mol. The summed E-state index contributed by atoms with van der Waals surface area (Å²) in [6.45, 7) is 0.747. The minimum atomic E-state index is 0.0913. The molecule has 0 bridgehead atoms. The van der Waals surface area contributed by atoms with Gasteiger partial charge in [0.15, 0.2) is 5.84 Å². The first kappa shape index (κ1) is 16.1. The number of hydrogen-bond donors (Lipinski definition) is 3. The van der Waals surface area contributed by atoms with E-state index in [2.05, 4.69) is 26.0 Å². The summed E-state index contributed by atoms with van der Waals surface area (Å²) < 4.78 is 0.894. The number of aliphatic hydroxyl groups is 1. The molecule has 4 N–H and O–H groups in total. The van der Waals surface area contributed by atoms with Crippen LogP contribution in [-0.4, -0.2) is 35.3 Å². The van der Waals surface area contributed by atoms with Crippen molar-refractivity contribution in [1.82, 2.24) is 0 Å². The van der Waals surface area contributed by atoms with Crippen LogP contribution in [0.5, 0.6) is 0 Å². The Morgan fingerprint density at radius 2 is 2.05 bits per heavy atom. The number of nitrogens with zero attached hydrogens (tertiary/aromatic N) is 2. The molecule has 0 heterocycles. The third kappa shape index (κ3) is 3.89. The van der Waals surface area contributed by atoms with E-state index >= 15 is 0 Å². The van der Waals surface area contributed by atoms with Gasteiger partial charge >= 0.3 is 0 Å². The van der Waals surface area contributed by atoms with E-state index in [0.29, 0.717) is 18.2 Å². The predicted molar refractivity (Wildman–Crippen MR) is 88.0 cm³/mol. The largest absolute Gasteiger partial charge is 0.409 e. The van der Waals surface area contributed by atoms with Crippen LogP contribution in [0.15, 0.2) is 27.8 Å². The van der Waals surface area contributed by atoms with Gasteiger partial charge in [0.05, 0.1) is 12.3 Å². The van der Waals surface area contributed by atoms with Crippen molar-refractivity contribution >= 4 is 27.5 Å². The Balaban J connectivity index is 2.27. The van der Waals surface area contributed by atoms with Gasteiger partial charge in [-0.15, -0.1) is 0 Å². The fourth-order valence-corrected chi connectivity index (χ4v) is 3.56. The molecule has 0 atom stereocenters. The van der Waals surface area contributed by atoms with Crippen molar-refractivity contribution in [3.63, 3.8) is 0 Å². The molecule has 1 aliphatic rings. The highest BCUT2D eigenvalue weighted by Gasteiger charge is 2.22. The Morgan fingerprint density at radius 3 is 2.62 bits per heavy atom. The van der Waals surface area contributed by atoms with Crippen LogP contribution in [0.25, 0.3) is 0 Å². The van der Waals surface area contributed by atoms with E-state index < -0.39 is 0 Å². The number of aliphatic hydroxyl groups excluding tert-OH is 1. The van der Waals surface area contributed by atoms with E-state index in [9.17, 15) is 5.11 Å². The number of nitrogens with two attached hydrogens (primary N) is 1. The van der Waals surface area contributed by atoms with Crippen molar-refractivity contribution in [2.75, 3.05) is 18.1 Å². The van der Waals surface area contributed by atoms with Crippen molar-refractivity contribution in [3.05, 3.63) is 28.2 Å². The number of halogens is 1. The minimum Gasteiger partial charge on any atom is -0.409 e. The first-order chi connectivity index (χ1) is 10.2. The topological polar surface area (TPSA) is 82.1 Å². The highest BCUT2D eigenvalue weighted by atomic mass is 79.9. The van der Waals surface area contributed by atoms with Crippen molar-refractivity contribution in [1.29, 1.82) is 0 Å². The van der Waals surface area contributed by atoms with Crippen molar-refractivity contribution in [2.45, 2.75) is 38.1 Å². The van der Waals surface area contributed by atoms with Crippen LogP contribution in [0.3, 0.4) is 0 Å². The van der Waals surface area contributed by atoms with E-state index in [4.69, 9.17) is 10.9 Å². The molecule has 0 radical (unpaired) electrons. The standard InChI is InChI=1S/C15H22BrN3O2/c16-13-10-11(15(17)18-21)6-7-14(13)19(8-9-20)12-4-2-1-3-5-12/h6-7,10,12,20-21H,1-5,8-9H2,(H2,17,18). The maximum absolute atomic E-state index is 9.37. The Morgan fingerprint density at radius 1 is 1.33 bits per heavy atom. The molecule has 21 heavy (non-hydrogen) atoms. The summed E-state index contributed by atoms with van der Waals surface area (Å²) in [6.07, 6.45) is 6.11. The minimum absolute atomic E-state index is 0.0913.